The normalized spacial score (nSPS) is 22.4. The molecular weight excluding hydrogens is 381 g/mol. The van der Waals surface area contributed by atoms with Gasteiger partial charge in [0.05, 0.1) is 11.3 Å². The number of ketones is 1. The van der Waals surface area contributed by atoms with Gasteiger partial charge in [0.2, 0.25) is 5.78 Å². The molecular formula is C22H17F3N2O2. The van der Waals surface area contributed by atoms with Gasteiger partial charge in [-0.05, 0) is 54.3 Å². The lowest BCUT2D eigenvalue weighted by Gasteiger charge is -2.30. The summed E-state index contributed by atoms with van der Waals surface area (Å²) < 4.78 is 40.0. The van der Waals surface area contributed by atoms with Gasteiger partial charge in [0.1, 0.15) is 5.84 Å². The minimum atomic E-state index is -4.54. The summed E-state index contributed by atoms with van der Waals surface area (Å²) in [6, 6.07) is 7.88. The first-order valence-corrected chi connectivity index (χ1v) is 9.34. The van der Waals surface area contributed by atoms with Crippen LogP contribution in [0.5, 0.6) is 0 Å². The quantitative estimate of drug-likeness (QED) is 0.772. The number of fused-ring (bicyclic) bond motifs is 3. The molecule has 29 heavy (non-hydrogen) atoms. The first-order valence-electron chi connectivity index (χ1n) is 9.34. The lowest BCUT2D eigenvalue weighted by molar-refractivity contribution is -0.138. The van der Waals surface area contributed by atoms with Crippen molar-refractivity contribution in [1.82, 2.24) is 0 Å². The van der Waals surface area contributed by atoms with E-state index in [1.807, 2.05) is 30.4 Å². The van der Waals surface area contributed by atoms with Gasteiger partial charge in [-0.3, -0.25) is 4.79 Å². The number of halogens is 3. The molecule has 0 aromatic heterocycles. The number of anilines is 1. The number of amidine groups is 1. The van der Waals surface area contributed by atoms with Crippen molar-refractivity contribution in [3.63, 3.8) is 0 Å². The van der Waals surface area contributed by atoms with Gasteiger partial charge in [0.15, 0.2) is 5.60 Å². The molecule has 0 radical (unpaired) electrons. The van der Waals surface area contributed by atoms with Crippen LogP contribution in [0.2, 0.25) is 0 Å². The number of aliphatic hydroxyl groups is 1. The van der Waals surface area contributed by atoms with Gasteiger partial charge in [-0.25, -0.2) is 4.99 Å². The number of hydrogen-bond donors (Lipinski definition) is 1. The fraction of sp³-hybridized carbons (Fsp3) is 0.273. The summed E-state index contributed by atoms with van der Waals surface area (Å²) in [4.78, 5) is 19.1. The van der Waals surface area contributed by atoms with E-state index in [1.165, 1.54) is 13.0 Å². The van der Waals surface area contributed by atoms with Crippen LogP contribution >= 0.6 is 0 Å². The summed E-state index contributed by atoms with van der Waals surface area (Å²) in [5.41, 5.74) is 0.262. The Bertz CT molecular complexity index is 1130. The van der Waals surface area contributed by atoms with E-state index >= 15 is 0 Å². The van der Waals surface area contributed by atoms with Gasteiger partial charge >= 0.3 is 6.18 Å². The highest BCUT2D eigenvalue weighted by atomic mass is 19.4. The Hall–Kier alpha value is -2.93. The Morgan fingerprint density at radius 3 is 2.76 bits per heavy atom. The molecule has 2 heterocycles. The highest BCUT2D eigenvalue weighted by Gasteiger charge is 2.52. The van der Waals surface area contributed by atoms with Crippen molar-refractivity contribution < 1.29 is 23.1 Å². The molecule has 0 unspecified atom stereocenters. The van der Waals surface area contributed by atoms with Gasteiger partial charge in [-0.1, -0.05) is 18.2 Å². The largest absolute Gasteiger partial charge is 0.416 e. The summed E-state index contributed by atoms with van der Waals surface area (Å²) in [7, 11) is 0. The van der Waals surface area contributed by atoms with Crippen molar-refractivity contribution in [3.05, 3.63) is 64.2 Å². The Labute approximate surface area is 165 Å². The van der Waals surface area contributed by atoms with Gasteiger partial charge in [-0.15, -0.1) is 0 Å². The third-order valence-corrected chi connectivity index (χ3v) is 5.89. The average molecular weight is 398 g/mol. The highest BCUT2D eigenvalue weighted by Crippen LogP contribution is 2.43. The smallest absolute Gasteiger partial charge is 0.374 e. The van der Waals surface area contributed by atoms with Crippen LogP contribution in [0.4, 0.5) is 24.5 Å². The summed E-state index contributed by atoms with van der Waals surface area (Å²) in [6.07, 6.45) is 0.466. The fourth-order valence-electron chi connectivity index (χ4n) is 4.36. The molecule has 7 heteroatoms. The number of benzene rings is 2. The first kappa shape index (κ1) is 18.1. The molecule has 4 nitrogen and oxygen atoms in total. The second kappa shape index (κ2) is 5.79. The predicted octanol–water partition coefficient (Wildman–Crippen LogP) is 4.45. The maximum atomic E-state index is 13.3. The van der Waals surface area contributed by atoms with E-state index in [0.29, 0.717) is 6.54 Å². The zero-order valence-corrected chi connectivity index (χ0v) is 15.5. The molecule has 148 valence electrons. The number of allylic oxidation sites excluding steroid dienone is 1. The van der Waals surface area contributed by atoms with Crippen molar-refractivity contribution >= 4 is 29.1 Å². The van der Waals surface area contributed by atoms with E-state index in [4.69, 9.17) is 0 Å². The molecule has 1 atom stereocenters. The second-order valence-corrected chi connectivity index (χ2v) is 7.70. The van der Waals surface area contributed by atoms with E-state index in [-0.39, 0.29) is 29.1 Å². The van der Waals surface area contributed by atoms with Crippen molar-refractivity contribution in [2.45, 2.75) is 31.5 Å². The number of rotatable bonds is 1. The van der Waals surface area contributed by atoms with Crippen LogP contribution in [0.25, 0.3) is 6.08 Å². The molecule has 2 aromatic carbocycles. The molecule has 1 N–H and O–H groups in total. The zero-order valence-electron chi connectivity index (χ0n) is 15.5. The molecule has 1 fully saturated rings. The second-order valence-electron chi connectivity index (χ2n) is 7.70. The van der Waals surface area contributed by atoms with Crippen LogP contribution < -0.4 is 4.90 Å². The summed E-state index contributed by atoms with van der Waals surface area (Å²) in [6.45, 7) is 1.66. The molecule has 1 saturated heterocycles. The lowest BCUT2D eigenvalue weighted by atomic mass is 9.86. The molecule has 2 aromatic rings. The van der Waals surface area contributed by atoms with Crippen LogP contribution in [0.1, 0.15) is 39.0 Å². The van der Waals surface area contributed by atoms with Crippen LogP contribution in [0, 0.1) is 6.92 Å². The highest BCUT2D eigenvalue weighted by molar-refractivity contribution is 6.28. The monoisotopic (exact) mass is 398 g/mol. The third-order valence-electron chi connectivity index (χ3n) is 5.89. The maximum Gasteiger partial charge on any atom is 0.416 e. The van der Waals surface area contributed by atoms with Crippen molar-refractivity contribution in [1.29, 1.82) is 0 Å². The number of Topliss-reactive ketones (excluding diaryl/α,β-unsaturated/α-hetero) is 1. The summed E-state index contributed by atoms with van der Waals surface area (Å²) in [5.74, 6) is -0.502. The Morgan fingerprint density at radius 2 is 2.00 bits per heavy atom. The molecule has 0 spiro atoms. The Balaban J connectivity index is 1.64. The maximum absolute atomic E-state index is 13.3. The van der Waals surface area contributed by atoms with Crippen molar-refractivity contribution in [3.8, 4) is 0 Å². The molecule has 3 aliphatic rings. The van der Waals surface area contributed by atoms with Gasteiger partial charge in [-0.2, -0.15) is 13.2 Å². The fourth-order valence-corrected chi connectivity index (χ4v) is 4.36. The van der Waals surface area contributed by atoms with Crippen LogP contribution in [-0.2, 0) is 12.6 Å². The number of nitrogens with zero attached hydrogens (tertiary/aromatic N) is 2. The number of hydrogen-bond acceptors (Lipinski definition) is 4. The number of aliphatic imine (C=N–C) groups is 1. The van der Waals surface area contributed by atoms with Gasteiger partial charge < -0.3 is 10.0 Å². The van der Waals surface area contributed by atoms with E-state index in [0.717, 1.165) is 29.3 Å². The number of aryl methyl sites for hydroxylation is 1. The number of carbonyl (C=O) groups excluding carboxylic acids is 1. The minimum Gasteiger partial charge on any atom is -0.374 e. The van der Waals surface area contributed by atoms with Crippen LogP contribution in [0.3, 0.4) is 0 Å². The van der Waals surface area contributed by atoms with Gasteiger partial charge in [0, 0.05) is 24.2 Å². The van der Waals surface area contributed by atoms with E-state index in [9.17, 15) is 23.1 Å². The molecule has 0 bridgehead atoms. The van der Waals surface area contributed by atoms with E-state index in [2.05, 4.69) is 4.99 Å². The average Bonchev–Trinajstić information content (AvgIpc) is 3.26. The summed E-state index contributed by atoms with van der Waals surface area (Å²) in [5, 5.41) is 11.1. The summed E-state index contributed by atoms with van der Waals surface area (Å²) >= 11 is 0. The number of carbonyl (C=O) groups is 1. The van der Waals surface area contributed by atoms with E-state index in [1.54, 1.807) is 4.90 Å². The predicted molar refractivity (Wildman–Crippen MR) is 104 cm³/mol. The molecule has 1 aliphatic carbocycles. The standard InChI is InChI=1S/C22H17F3N2O2/c1-12-9-16-18(11-17(12)22(23,24)25)26-20-21(29,19(16)28)7-8-27(20)15-6-5-13-3-2-4-14(13)10-15/h2-3,5-6,9-11,29H,4,7-8H2,1H3/t21-/m1/s1. The molecule has 2 aliphatic heterocycles. The minimum absolute atomic E-state index is 0.0294. The lowest BCUT2D eigenvalue weighted by Crippen LogP contribution is -2.48. The third kappa shape index (κ3) is 2.57. The topological polar surface area (TPSA) is 52.9 Å². The van der Waals surface area contributed by atoms with Crippen LogP contribution in [-0.4, -0.2) is 28.9 Å². The molecule has 0 amide bonds. The number of alkyl halides is 3. The van der Waals surface area contributed by atoms with Gasteiger partial charge in [0.25, 0.3) is 0 Å². The van der Waals surface area contributed by atoms with Crippen LogP contribution in [0.15, 0.2) is 41.4 Å². The van der Waals surface area contributed by atoms with Crippen molar-refractivity contribution in [2.75, 3.05) is 11.4 Å². The Kier molecular flexibility index (Phi) is 3.62. The zero-order chi connectivity index (χ0) is 20.6. The SMILES string of the molecule is Cc1cc2c(cc1C(F)(F)F)N=C1N(c3ccc4c(c3)CC=C4)CC[C@@]1(O)C2=O. The first-order chi connectivity index (χ1) is 13.7. The van der Waals surface area contributed by atoms with E-state index < -0.39 is 23.1 Å². The van der Waals surface area contributed by atoms with Crippen molar-refractivity contribution in [2.24, 2.45) is 4.99 Å². The molecule has 5 rings (SSSR count). The Morgan fingerprint density at radius 1 is 1.21 bits per heavy atom. The molecule has 0 saturated carbocycles.